The van der Waals surface area contributed by atoms with Gasteiger partial charge in [0, 0.05) is 5.69 Å². The van der Waals surface area contributed by atoms with Crippen molar-refractivity contribution in [3.05, 3.63) is 95.2 Å². The van der Waals surface area contributed by atoms with Gasteiger partial charge in [0.15, 0.2) is 0 Å². The summed E-state index contributed by atoms with van der Waals surface area (Å²) >= 11 is 0. The zero-order valence-electron chi connectivity index (χ0n) is 19.4. The number of aryl methyl sites for hydroxylation is 2. The lowest BCUT2D eigenvalue weighted by molar-refractivity contribution is -0.120. The van der Waals surface area contributed by atoms with Gasteiger partial charge in [-0.15, -0.1) is 0 Å². The first-order chi connectivity index (χ1) is 15.9. The maximum Gasteiger partial charge on any atom is 0.282 e. The Morgan fingerprint density at radius 1 is 0.848 bits per heavy atom. The van der Waals surface area contributed by atoms with Crippen LogP contribution in [0.3, 0.4) is 0 Å². The molecule has 1 heterocycles. The third-order valence-corrected chi connectivity index (χ3v) is 5.52. The van der Waals surface area contributed by atoms with Crippen LogP contribution in [0.4, 0.5) is 11.4 Å². The van der Waals surface area contributed by atoms with Crippen LogP contribution in [-0.4, -0.2) is 17.9 Å². The fraction of sp³-hybridized carbons (Fsp3) is 0.214. The largest absolute Gasteiger partial charge is 0.491 e. The minimum Gasteiger partial charge on any atom is -0.491 e. The topological polar surface area (TPSA) is 58.6 Å². The summed E-state index contributed by atoms with van der Waals surface area (Å²) < 4.78 is 5.69. The smallest absolute Gasteiger partial charge is 0.282 e. The number of nitrogens with one attached hydrogen (secondary N) is 1. The first-order valence-electron chi connectivity index (χ1n) is 11.2. The molecule has 1 N–H and O–H groups in total. The molecule has 3 aromatic carbocycles. The molecule has 0 bridgehead atoms. The number of rotatable bonds is 7. The van der Waals surface area contributed by atoms with Crippen molar-refractivity contribution in [1.82, 2.24) is 0 Å². The van der Waals surface area contributed by atoms with Crippen molar-refractivity contribution >= 4 is 28.8 Å². The predicted octanol–water partition coefficient (Wildman–Crippen LogP) is 5.74. The molecule has 0 saturated carbocycles. The van der Waals surface area contributed by atoms with E-state index < -0.39 is 0 Å². The van der Waals surface area contributed by atoms with Gasteiger partial charge in [-0.2, -0.15) is 0 Å². The molecule has 0 fully saturated rings. The summed E-state index contributed by atoms with van der Waals surface area (Å²) in [7, 11) is 0. The van der Waals surface area contributed by atoms with Crippen molar-refractivity contribution in [2.45, 2.75) is 40.2 Å². The number of nitrogens with zero attached hydrogens (tertiary/aromatic N) is 1. The summed E-state index contributed by atoms with van der Waals surface area (Å²) in [6, 6.07) is 22.5. The summed E-state index contributed by atoms with van der Waals surface area (Å²) in [5, 5.41) is 3.22. The van der Waals surface area contributed by atoms with E-state index in [0.717, 1.165) is 17.7 Å². The van der Waals surface area contributed by atoms with Crippen molar-refractivity contribution in [3.63, 3.8) is 0 Å². The number of benzene rings is 3. The standard InChI is InChI=1S/C28H28N2O3/c1-5-20-8-12-22(13-9-20)29-26-25(21-10-6-19(4)7-11-21)27(31)30(28(26)32)23-14-16-24(17-15-23)33-18(2)3/h6-18,29H,5H2,1-4H3. The van der Waals surface area contributed by atoms with Gasteiger partial charge in [0.05, 0.1) is 17.4 Å². The Labute approximate surface area is 194 Å². The van der Waals surface area contributed by atoms with Crippen LogP contribution >= 0.6 is 0 Å². The molecule has 168 valence electrons. The van der Waals surface area contributed by atoms with E-state index in [-0.39, 0.29) is 23.6 Å². The van der Waals surface area contributed by atoms with Gasteiger partial charge >= 0.3 is 0 Å². The lowest BCUT2D eigenvalue weighted by atomic mass is 10.0. The van der Waals surface area contributed by atoms with Gasteiger partial charge in [0.2, 0.25) is 0 Å². The molecule has 0 atom stereocenters. The Hall–Kier alpha value is -3.86. The predicted molar refractivity (Wildman–Crippen MR) is 132 cm³/mol. The van der Waals surface area contributed by atoms with E-state index >= 15 is 0 Å². The molecule has 5 nitrogen and oxygen atoms in total. The quantitative estimate of drug-likeness (QED) is 0.476. The molecule has 0 aliphatic carbocycles. The summed E-state index contributed by atoms with van der Waals surface area (Å²) in [4.78, 5) is 28.3. The Bertz CT molecular complexity index is 1190. The molecule has 5 heteroatoms. The summed E-state index contributed by atoms with van der Waals surface area (Å²) in [5.41, 5.74) is 4.89. The van der Waals surface area contributed by atoms with Gasteiger partial charge in [0.1, 0.15) is 11.4 Å². The fourth-order valence-corrected chi connectivity index (χ4v) is 3.78. The minimum absolute atomic E-state index is 0.0376. The van der Waals surface area contributed by atoms with Crippen LogP contribution in [0.15, 0.2) is 78.5 Å². The highest BCUT2D eigenvalue weighted by atomic mass is 16.5. The molecule has 3 aromatic rings. The van der Waals surface area contributed by atoms with E-state index in [1.807, 2.05) is 69.3 Å². The second-order valence-corrected chi connectivity index (χ2v) is 8.40. The Kier molecular flexibility index (Phi) is 6.31. The van der Waals surface area contributed by atoms with Crippen LogP contribution in [0.2, 0.25) is 0 Å². The summed E-state index contributed by atoms with van der Waals surface area (Å²) in [6.45, 7) is 7.98. The maximum atomic E-state index is 13.5. The van der Waals surface area contributed by atoms with E-state index in [1.165, 1.54) is 10.5 Å². The Morgan fingerprint density at radius 3 is 2.06 bits per heavy atom. The van der Waals surface area contributed by atoms with E-state index in [4.69, 9.17) is 4.74 Å². The zero-order valence-corrected chi connectivity index (χ0v) is 19.4. The van der Waals surface area contributed by atoms with Crippen molar-refractivity contribution in [1.29, 1.82) is 0 Å². The fourth-order valence-electron chi connectivity index (χ4n) is 3.78. The van der Waals surface area contributed by atoms with E-state index in [2.05, 4.69) is 12.2 Å². The number of imide groups is 1. The number of hydrogen-bond acceptors (Lipinski definition) is 4. The number of carbonyl (C=O) groups excluding carboxylic acids is 2. The molecule has 1 aliphatic rings. The maximum absolute atomic E-state index is 13.5. The monoisotopic (exact) mass is 440 g/mol. The number of ether oxygens (including phenoxy) is 1. The SMILES string of the molecule is CCc1ccc(NC2=C(c3ccc(C)cc3)C(=O)N(c3ccc(OC(C)C)cc3)C2=O)cc1. The molecule has 33 heavy (non-hydrogen) atoms. The molecule has 0 radical (unpaired) electrons. The van der Waals surface area contributed by atoms with Gasteiger partial charge in [-0.25, -0.2) is 4.90 Å². The second kappa shape index (κ2) is 9.33. The van der Waals surface area contributed by atoms with Crippen molar-refractivity contribution in [3.8, 4) is 5.75 Å². The van der Waals surface area contributed by atoms with Crippen LogP contribution < -0.4 is 15.0 Å². The zero-order chi connectivity index (χ0) is 23.5. The lowest BCUT2D eigenvalue weighted by Crippen LogP contribution is -2.32. The van der Waals surface area contributed by atoms with Crippen molar-refractivity contribution < 1.29 is 14.3 Å². The Morgan fingerprint density at radius 2 is 1.48 bits per heavy atom. The average molecular weight is 441 g/mol. The molecule has 0 saturated heterocycles. The van der Waals surface area contributed by atoms with Gasteiger partial charge in [-0.05, 0) is 74.7 Å². The van der Waals surface area contributed by atoms with Crippen LogP contribution in [0.5, 0.6) is 5.75 Å². The minimum atomic E-state index is -0.382. The van der Waals surface area contributed by atoms with Gasteiger partial charge < -0.3 is 10.1 Å². The molecule has 0 spiro atoms. The molecule has 4 rings (SSSR count). The normalized spacial score (nSPS) is 13.8. The molecule has 0 aromatic heterocycles. The van der Waals surface area contributed by atoms with E-state index in [0.29, 0.717) is 22.6 Å². The first-order valence-corrected chi connectivity index (χ1v) is 11.2. The summed E-state index contributed by atoms with van der Waals surface area (Å²) in [6.07, 6.45) is 0.967. The van der Waals surface area contributed by atoms with Gasteiger partial charge in [0.25, 0.3) is 11.8 Å². The summed E-state index contributed by atoms with van der Waals surface area (Å²) in [5.74, 6) is -0.0457. The molecule has 0 unspecified atom stereocenters. The third-order valence-electron chi connectivity index (χ3n) is 5.52. The number of hydrogen-bond donors (Lipinski definition) is 1. The number of amides is 2. The molecular formula is C28H28N2O3. The molecule has 2 amide bonds. The molecular weight excluding hydrogens is 412 g/mol. The average Bonchev–Trinajstić information content (AvgIpc) is 3.04. The highest BCUT2D eigenvalue weighted by Gasteiger charge is 2.40. The van der Waals surface area contributed by atoms with Crippen LogP contribution in [0, 0.1) is 6.92 Å². The number of anilines is 2. The highest BCUT2D eigenvalue weighted by Crippen LogP contribution is 2.34. The lowest BCUT2D eigenvalue weighted by Gasteiger charge is -2.17. The third kappa shape index (κ3) is 4.67. The van der Waals surface area contributed by atoms with Crippen LogP contribution in [0.25, 0.3) is 5.57 Å². The van der Waals surface area contributed by atoms with Crippen LogP contribution in [-0.2, 0) is 16.0 Å². The number of carbonyl (C=O) groups is 2. The van der Waals surface area contributed by atoms with Gasteiger partial charge in [-0.3, -0.25) is 9.59 Å². The van der Waals surface area contributed by atoms with Crippen molar-refractivity contribution in [2.75, 3.05) is 10.2 Å². The second-order valence-electron chi connectivity index (χ2n) is 8.40. The van der Waals surface area contributed by atoms with Crippen molar-refractivity contribution in [2.24, 2.45) is 0 Å². The highest BCUT2D eigenvalue weighted by molar-refractivity contribution is 6.46. The van der Waals surface area contributed by atoms with E-state index in [9.17, 15) is 9.59 Å². The van der Waals surface area contributed by atoms with Gasteiger partial charge in [-0.1, -0.05) is 48.9 Å². The van der Waals surface area contributed by atoms with Crippen LogP contribution in [0.1, 0.15) is 37.5 Å². The molecule has 1 aliphatic heterocycles. The Balaban J connectivity index is 1.72. The van der Waals surface area contributed by atoms with E-state index in [1.54, 1.807) is 24.3 Å². The first kappa shape index (κ1) is 22.3.